The number of carbonyl (C=O) groups is 2. The fourth-order valence-electron chi connectivity index (χ4n) is 6.86. The topological polar surface area (TPSA) is 168 Å². The standard InChI is InChI=1S/C38H42Cl2N6O6S/c1-23-19-24(2)44-36-28(23)5-3-7-32(36)52-21-29-30(39)12-13-33(35(29)40)53(49,50)46-16-4-6-31(46)38(48)43-20-25-14-17-45(18-15-25)34(47)22-51-27-10-8-26(9-11-27)37(41)42/h3,5,7-13,19,25,31H,4,6,14-18,20-22H2,1-2H3,(H3,41,42)(H,43,48). The number of fused-ring (bicyclic) bond motifs is 1. The molecule has 0 radical (unpaired) electrons. The number of sulfonamides is 1. The van der Waals surface area contributed by atoms with Crippen LogP contribution in [0, 0.1) is 25.2 Å². The molecule has 4 aromatic rings. The van der Waals surface area contributed by atoms with Crippen molar-refractivity contribution in [3.8, 4) is 11.5 Å². The first-order chi connectivity index (χ1) is 25.3. The Morgan fingerprint density at radius 3 is 2.45 bits per heavy atom. The second kappa shape index (κ2) is 16.3. The second-order valence-corrected chi connectivity index (χ2v) is 16.1. The Morgan fingerprint density at radius 2 is 1.74 bits per heavy atom. The van der Waals surface area contributed by atoms with E-state index in [1.165, 1.54) is 16.4 Å². The molecule has 1 atom stereocenters. The van der Waals surface area contributed by atoms with Gasteiger partial charge in [-0.25, -0.2) is 13.4 Å². The Kier molecular flexibility index (Phi) is 11.8. The Bertz CT molecular complexity index is 2140. The van der Waals surface area contributed by atoms with E-state index in [-0.39, 0.29) is 58.3 Å². The van der Waals surface area contributed by atoms with Crippen LogP contribution < -0.4 is 20.5 Å². The van der Waals surface area contributed by atoms with Crippen LogP contribution in [0.3, 0.4) is 0 Å². The van der Waals surface area contributed by atoms with E-state index in [1.54, 1.807) is 35.2 Å². The van der Waals surface area contributed by atoms with Crippen LogP contribution in [0.4, 0.5) is 0 Å². The average Bonchev–Trinajstić information content (AvgIpc) is 3.65. The number of nitrogens with one attached hydrogen (secondary N) is 2. The summed E-state index contributed by atoms with van der Waals surface area (Å²) in [5.74, 6) is 0.616. The Balaban J connectivity index is 1.04. The number of amidine groups is 1. The number of benzene rings is 3. The van der Waals surface area contributed by atoms with E-state index >= 15 is 0 Å². The van der Waals surface area contributed by atoms with Gasteiger partial charge in [0.15, 0.2) is 6.61 Å². The number of carbonyl (C=O) groups excluding carboxylic acids is 2. The van der Waals surface area contributed by atoms with Crippen molar-refractivity contribution >= 4 is 61.8 Å². The van der Waals surface area contributed by atoms with Crippen molar-refractivity contribution in [1.82, 2.24) is 19.5 Å². The van der Waals surface area contributed by atoms with Gasteiger partial charge in [-0.15, -0.1) is 0 Å². The van der Waals surface area contributed by atoms with Crippen LogP contribution in [-0.2, 0) is 26.2 Å². The van der Waals surface area contributed by atoms with Crippen molar-refractivity contribution in [3.05, 3.63) is 93.1 Å². The molecule has 2 fully saturated rings. The highest BCUT2D eigenvalue weighted by atomic mass is 35.5. The molecule has 1 aromatic heterocycles. The zero-order valence-electron chi connectivity index (χ0n) is 29.5. The number of para-hydroxylation sites is 1. The molecule has 6 rings (SSSR count). The van der Waals surface area contributed by atoms with Crippen molar-refractivity contribution in [2.24, 2.45) is 11.7 Å². The Hall–Kier alpha value is -4.43. The predicted molar refractivity (Wildman–Crippen MR) is 204 cm³/mol. The second-order valence-electron chi connectivity index (χ2n) is 13.4. The molecule has 2 saturated heterocycles. The fourth-order valence-corrected chi connectivity index (χ4v) is 9.38. The summed E-state index contributed by atoms with van der Waals surface area (Å²) in [6.45, 7) is 5.29. The third-order valence-corrected chi connectivity index (χ3v) is 12.7. The van der Waals surface area contributed by atoms with E-state index in [4.69, 9.17) is 43.8 Å². The quantitative estimate of drug-likeness (QED) is 0.123. The predicted octanol–water partition coefficient (Wildman–Crippen LogP) is 5.61. The fraction of sp³-hybridized carbons (Fsp3) is 0.368. The average molecular weight is 782 g/mol. The SMILES string of the molecule is Cc1cc(C)c2cccc(OCc3c(Cl)ccc(S(=O)(=O)N4CCCC4C(=O)NCC4CCN(C(=O)COc5ccc(C(=N)N)cc5)CC4)c3Cl)c2n1. The largest absolute Gasteiger partial charge is 0.487 e. The molecule has 15 heteroatoms. The molecule has 3 aromatic carbocycles. The van der Waals surface area contributed by atoms with E-state index in [0.29, 0.717) is 73.5 Å². The monoisotopic (exact) mass is 780 g/mol. The molecule has 4 N–H and O–H groups in total. The van der Waals surface area contributed by atoms with Gasteiger partial charge in [0, 0.05) is 53.4 Å². The number of likely N-dealkylation sites (tertiary alicyclic amines) is 1. The first-order valence-electron chi connectivity index (χ1n) is 17.4. The maximum absolute atomic E-state index is 14.1. The van der Waals surface area contributed by atoms with E-state index < -0.39 is 16.1 Å². The number of hydrogen-bond donors (Lipinski definition) is 3. The third-order valence-electron chi connectivity index (χ3n) is 9.81. The molecule has 0 aliphatic carbocycles. The minimum Gasteiger partial charge on any atom is -0.487 e. The summed E-state index contributed by atoms with van der Waals surface area (Å²) in [5.41, 5.74) is 8.96. The highest BCUT2D eigenvalue weighted by molar-refractivity contribution is 7.89. The summed E-state index contributed by atoms with van der Waals surface area (Å²) in [5, 5.41) is 11.6. The van der Waals surface area contributed by atoms with Gasteiger partial charge < -0.3 is 25.4 Å². The maximum Gasteiger partial charge on any atom is 0.260 e. The number of piperidine rings is 1. The molecular weight excluding hydrogens is 739 g/mol. The maximum atomic E-state index is 14.1. The summed E-state index contributed by atoms with van der Waals surface area (Å²) in [7, 11) is -4.18. The number of halogens is 2. The minimum atomic E-state index is -4.18. The van der Waals surface area contributed by atoms with Gasteiger partial charge in [-0.2, -0.15) is 4.31 Å². The summed E-state index contributed by atoms with van der Waals surface area (Å²) < 4.78 is 41.1. The normalized spacial score (nSPS) is 16.8. The zero-order valence-corrected chi connectivity index (χ0v) is 31.9. The molecule has 53 heavy (non-hydrogen) atoms. The number of nitrogen functional groups attached to an aromatic ring is 1. The van der Waals surface area contributed by atoms with Gasteiger partial charge in [0.05, 0.1) is 5.02 Å². The van der Waals surface area contributed by atoms with Crippen LogP contribution in [0.5, 0.6) is 11.5 Å². The number of aromatic nitrogens is 1. The number of pyridine rings is 1. The summed E-state index contributed by atoms with van der Waals surface area (Å²) in [6.07, 6.45) is 2.27. The van der Waals surface area contributed by atoms with Crippen molar-refractivity contribution in [3.63, 3.8) is 0 Å². The molecule has 3 heterocycles. The van der Waals surface area contributed by atoms with E-state index in [0.717, 1.165) is 16.6 Å². The summed E-state index contributed by atoms with van der Waals surface area (Å²) in [4.78, 5) is 32.5. The lowest BCUT2D eigenvalue weighted by Crippen LogP contribution is -2.48. The Morgan fingerprint density at radius 1 is 1.00 bits per heavy atom. The molecule has 0 saturated carbocycles. The molecule has 280 valence electrons. The molecule has 2 amide bonds. The van der Waals surface area contributed by atoms with Crippen LogP contribution in [0.1, 0.15) is 48.1 Å². The number of aryl methyl sites for hydroxylation is 2. The lowest BCUT2D eigenvalue weighted by Gasteiger charge is -2.32. The number of nitrogens with two attached hydrogens (primary N) is 1. The van der Waals surface area contributed by atoms with Gasteiger partial charge in [-0.05, 0) is 99.5 Å². The van der Waals surface area contributed by atoms with Gasteiger partial charge in [0.1, 0.15) is 40.4 Å². The van der Waals surface area contributed by atoms with E-state index in [1.807, 2.05) is 32.0 Å². The van der Waals surface area contributed by atoms with Crippen LogP contribution in [-0.4, -0.2) is 79.1 Å². The zero-order chi connectivity index (χ0) is 37.9. The lowest BCUT2D eigenvalue weighted by molar-refractivity contribution is -0.135. The number of hydrogen-bond acceptors (Lipinski definition) is 8. The molecule has 0 spiro atoms. The molecule has 0 bridgehead atoms. The summed E-state index contributed by atoms with van der Waals surface area (Å²) >= 11 is 13.3. The van der Waals surface area contributed by atoms with E-state index in [2.05, 4.69) is 10.3 Å². The van der Waals surface area contributed by atoms with Gasteiger partial charge in [-0.3, -0.25) is 15.0 Å². The molecular formula is C38H42Cl2N6O6S. The number of ether oxygens (including phenoxy) is 2. The van der Waals surface area contributed by atoms with Crippen molar-refractivity contribution in [1.29, 1.82) is 5.41 Å². The van der Waals surface area contributed by atoms with Crippen molar-refractivity contribution < 1.29 is 27.5 Å². The molecule has 2 aliphatic heterocycles. The smallest absolute Gasteiger partial charge is 0.260 e. The first-order valence-corrected chi connectivity index (χ1v) is 19.6. The lowest BCUT2D eigenvalue weighted by atomic mass is 9.96. The number of rotatable bonds is 12. The van der Waals surface area contributed by atoms with E-state index in [9.17, 15) is 18.0 Å². The molecule has 1 unspecified atom stereocenters. The molecule has 12 nitrogen and oxygen atoms in total. The minimum absolute atomic E-state index is 0.0440. The van der Waals surface area contributed by atoms with Crippen molar-refractivity contribution in [2.45, 2.75) is 57.1 Å². The summed E-state index contributed by atoms with van der Waals surface area (Å²) in [6, 6.07) is 16.2. The number of nitrogens with zero attached hydrogens (tertiary/aromatic N) is 3. The first kappa shape index (κ1) is 38.3. The van der Waals surface area contributed by atoms with Gasteiger partial charge in [0.2, 0.25) is 15.9 Å². The molecule has 2 aliphatic rings. The van der Waals surface area contributed by atoms with Crippen LogP contribution in [0.25, 0.3) is 10.9 Å². The highest BCUT2D eigenvalue weighted by Gasteiger charge is 2.41. The van der Waals surface area contributed by atoms with Crippen LogP contribution in [0.15, 0.2) is 65.6 Å². The third kappa shape index (κ3) is 8.54. The highest BCUT2D eigenvalue weighted by Crippen LogP contribution is 2.37. The van der Waals surface area contributed by atoms with Crippen molar-refractivity contribution in [2.75, 3.05) is 32.8 Å². The Labute approximate surface area is 319 Å². The van der Waals surface area contributed by atoms with Gasteiger partial charge in [-0.1, -0.05) is 35.3 Å². The van der Waals surface area contributed by atoms with Gasteiger partial charge in [0.25, 0.3) is 5.91 Å². The van der Waals surface area contributed by atoms with Crippen LogP contribution >= 0.6 is 23.2 Å². The number of amides is 2. The van der Waals surface area contributed by atoms with Crippen LogP contribution in [0.2, 0.25) is 10.0 Å². The van der Waals surface area contributed by atoms with Gasteiger partial charge >= 0.3 is 0 Å².